The lowest BCUT2D eigenvalue weighted by Gasteiger charge is -2.58. The fraction of sp³-hybridized carbons (Fsp3) is 0.636. The van der Waals surface area contributed by atoms with Crippen LogP contribution in [0.25, 0.3) is 0 Å². The molecule has 4 aliphatic rings. The van der Waals surface area contributed by atoms with Crippen LogP contribution in [-0.4, -0.2) is 53.5 Å². The molecule has 3 N–H and O–H groups in total. The minimum atomic E-state index is -1.09. The summed E-state index contributed by atoms with van der Waals surface area (Å²) in [5.41, 5.74) is 2.47. The smallest absolute Gasteiger partial charge is 0.328 e. The van der Waals surface area contributed by atoms with Crippen LogP contribution in [0.4, 0.5) is 5.69 Å². The molecule has 1 aromatic carbocycles. The molecule has 3 saturated carbocycles. The lowest BCUT2D eigenvalue weighted by Crippen LogP contribution is -2.51. The number of fused-ring (bicyclic) bond motifs is 5. The van der Waals surface area contributed by atoms with E-state index in [0.29, 0.717) is 29.1 Å². The van der Waals surface area contributed by atoms with Crippen LogP contribution in [0.5, 0.6) is 5.75 Å². The predicted molar refractivity (Wildman–Crippen MR) is 159 cm³/mol. The molecule has 5 rings (SSSR count). The van der Waals surface area contributed by atoms with Gasteiger partial charge < -0.3 is 20.0 Å². The monoisotopic (exact) mass is 610 g/mol. The van der Waals surface area contributed by atoms with Crippen molar-refractivity contribution in [3.05, 3.63) is 35.4 Å². The average Bonchev–Trinajstić information content (AvgIpc) is 3.35. The van der Waals surface area contributed by atoms with Crippen LogP contribution in [0.3, 0.4) is 0 Å². The highest BCUT2D eigenvalue weighted by Gasteiger charge is 2.59. The molecule has 7 atom stereocenters. The predicted octanol–water partition coefficient (Wildman–Crippen LogP) is 4.09. The van der Waals surface area contributed by atoms with Gasteiger partial charge in [0.05, 0.1) is 18.5 Å². The second kappa shape index (κ2) is 12.5. The number of methoxy groups -OCH3 is 1. The SMILES string of the molecule is COC(=O)[C@H](Cc1ccc([O-])c(N(O)O)c1)NC(=O)CON=C1C=C2CC[C@@H]3[C@H]4CC[C@H](C(C)=O)[C@@]4(C)CC[C@@H]3[C@@]2(C)CC1. The number of rotatable bonds is 9. The van der Waals surface area contributed by atoms with Crippen molar-refractivity contribution in [1.29, 1.82) is 0 Å². The Morgan fingerprint density at radius 3 is 2.59 bits per heavy atom. The van der Waals surface area contributed by atoms with Crippen LogP contribution in [0.2, 0.25) is 0 Å². The van der Waals surface area contributed by atoms with E-state index in [2.05, 4.69) is 30.4 Å². The van der Waals surface area contributed by atoms with Gasteiger partial charge in [0, 0.05) is 12.3 Å². The zero-order valence-corrected chi connectivity index (χ0v) is 26.0. The summed E-state index contributed by atoms with van der Waals surface area (Å²) in [4.78, 5) is 42.9. The van der Waals surface area contributed by atoms with Crippen molar-refractivity contribution in [1.82, 2.24) is 5.32 Å². The zero-order valence-electron chi connectivity index (χ0n) is 26.0. The number of ketones is 1. The molecule has 0 radical (unpaired) electrons. The molecular formula is C33H44N3O8-. The molecule has 11 nitrogen and oxygen atoms in total. The Morgan fingerprint density at radius 1 is 1.11 bits per heavy atom. The second-order valence-electron chi connectivity index (χ2n) is 13.6. The topological polar surface area (TPSA) is 161 Å². The van der Waals surface area contributed by atoms with Gasteiger partial charge in [0.1, 0.15) is 11.8 Å². The van der Waals surface area contributed by atoms with Crippen LogP contribution >= 0.6 is 0 Å². The summed E-state index contributed by atoms with van der Waals surface area (Å²) in [5, 5.41) is 36.8. The Balaban J connectivity index is 1.19. The minimum absolute atomic E-state index is 0.0453. The first-order valence-electron chi connectivity index (χ1n) is 15.6. The summed E-state index contributed by atoms with van der Waals surface area (Å²) < 4.78 is 4.81. The standard InChI is InChI=1S/C33H45N3O8/c1-19(37)24-8-9-25-23-7-6-21-17-22(11-13-32(21,2)26(23)12-14-33(24,25)3)35-44-18-30(39)34-27(31(40)43-4)15-20-5-10-29(38)28(16-20)36(41)42/h5,10,16-17,23-27,38,41-42H,6-9,11-15,18H2,1-4H3,(H,34,39)/p-1/t23-,24-,25-,26+,27+,32+,33-/m1/s1. The molecule has 0 spiro atoms. The number of carbonyl (C=O) groups is 3. The first-order valence-corrected chi connectivity index (χ1v) is 15.6. The molecule has 0 saturated heterocycles. The highest BCUT2D eigenvalue weighted by molar-refractivity contribution is 5.96. The molecule has 0 aromatic heterocycles. The molecular weight excluding hydrogens is 566 g/mol. The third-order valence-corrected chi connectivity index (χ3v) is 11.3. The summed E-state index contributed by atoms with van der Waals surface area (Å²) in [6, 6.07) is 2.70. The van der Waals surface area contributed by atoms with E-state index in [1.807, 2.05) is 0 Å². The summed E-state index contributed by atoms with van der Waals surface area (Å²) in [7, 11) is 1.19. The fourth-order valence-corrected chi connectivity index (χ4v) is 9.14. The van der Waals surface area contributed by atoms with E-state index >= 15 is 0 Å². The number of Topliss-reactive ketones (excluding diaryl/α,β-unsaturated/α-hetero) is 1. The molecule has 1 aromatic rings. The Hall–Kier alpha value is -3.44. The number of carbonyl (C=O) groups excluding carboxylic acids is 3. The first-order chi connectivity index (χ1) is 20.9. The van der Waals surface area contributed by atoms with E-state index < -0.39 is 30.3 Å². The van der Waals surface area contributed by atoms with Crippen LogP contribution in [-0.2, 0) is 30.4 Å². The van der Waals surface area contributed by atoms with Crippen LogP contribution < -0.4 is 15.6 Å². The van der Waals surface area contributed by atoms with E-state index in [0.717, 1.165) is 63.1 Å². The third kappa shape index (κ3) is 5.96. The highest BCUT2D eigenvalue weighted by Crippen LogP contribution is 2.66. The maximum Gasteiger partial charge on any atom is 0.328 e. The number of oxime groups is 1. The fourth-order valence-electron chi connectivity index (χ4n) is 9.14. The molecule has 1 amide bonds. The lowest BCUT2D eigenvalue weighted by molar-refractivity contribution is -0.268. The van der Waals surface area contributed by atoms with Crippen molar-refractivity contribution < 1.29 is 39.5 Å². The number of benzene rings is 1. The molecule has 0 aliphatic heterocycles. The van der Waals surface area contributed by atoms with Crippen LogP contribution in [0.15, 0.2) is 35.0 Å². The number of anilines is 1. The van der Waals surface area contributed by atoms with E-state index in [-0.39, 0.29) is 34.1 Å². The van der Waals surface area contributed by atoms with Crippen molar-refractivity contribution in [2.75, 3.05) is 18.9 Å². The molecule has 0 bridgehead atoms. The van der Waals surface area contributed by atoms with Gasteiger partial charge in [-0.05, 0) is 105 Å². The van der Waals surface area contributed by atoms with Crippen molar-refractivity contribution in [2.24, 2.45) is 39.7 Å². The van der Waals surface area contributed by atoms with E-state index in [1.54, 1.807) is 6.92 Å². The maximum atomic E-state index is 12.7. The number of hydrogen-bond acceptors (Lipinski definition) is 10. The van der Waals surface area contributed by atoms with Gasteiger partial charge in [-0.2, -0.15) is 0 Å². The Morgan fingerprint density at radius 2 is 1.89 bits per heavy atom. The third-order valence-electron chi connectivity index (χ3n) is 11.3. The normalized spacial score (nSPS) is 32.4. The molecule has 4 aliphatic carbocycles. The van der Waals surface area contributed by atoms with E-state index in [1.165, 1.54) is 24.8 Å². The van der Waals surface area contributed by atoms with Crippen molar-refractivity contribution in [3.8, 4) is 5.75 Å². The number of nitrogens with zero attached hydrogens (tertiary/aromatic N) is 2. The lowest BCUT2D eigenvalue weighted by atomic mass is 9.46. The van der Waals surface area contributed by atoms with Crippen LogP contribution in [0, 0.1) is 34.5 Å². The number of esters is 1. The van der Waals surface area contributed by atoms with Gasteiger partial charge in [0.25, 0.3) is 5.91 Å². The van der Waals surface area contributed by atoms with Gasteiger partial charge in [-0.15, -0.1) is 5.23 Å². The average molecular weight is 611 g/mol. The van der Waals surface area contributed by atoms with Gasteiger partial charge in [-0.25, -0.2) is 4.79 Å². The number of ether oxygens (including phenoxy) is 1. The number of allylic oxidation sites excluding steroid dienone is 2. The Labute approximate surface area is 258 Å². The van der Waals surface area contributed by atoms with Crippen molar-refractivity contribution in [2.45, 2.75) is 84.6 Å². The quantitative estimate of drug-likeness (QED) is 0.276. The molecule has 11 heteroatoms. The number of nitrogens with one attached hydrogen (secondary N) is 1. The molecule has 3 fully saturated rings. The maximum absolute atomic E-state index is 12.7. The molecule has 0 unspecified atom stereocenters. The van der Waals surface area contributed by atoms with E-state index in [9.17, 15) is 29.9 Å². The Bertz CT molecular complexity index is 1360. The minimum Gasteiger partial charge on any atom is -0.871 e. The van der Waals surface area contributed by atoms with Gasteiger partial charge >= 0.3 is 5.97 Å². The van der Waals surface area contributed by atoms with Gasteiger partial charge in [-0.3, -0.25) is 20.0 Å². The van der Waals surface area contributed by atoms with Crippen molar-refractivity contribution >= 4 is 29.1 Å². The van der Waals surface area contributed by atoms with E-state index in [4.69, 9.17) is 9.57 Å². The number of amides is 1. The Kier molecular flexibility index (Phi) is 9.09. The van der Waals surface area contributed by atoms with Gasteiger partial charge in [0.15, 0.2) is 6.61 Å². The summed E-state index contributed by atoms with van der Waals surface area (Å²) in [6.07, 6.45) is 10.4. The molecule has 240 valence electrons. The first kappa shape index (κ1) is 32.0. The summed E-state index contributed by atoms with van der Waals surface area (Å²) in [5.74, 6) is 0.543. The van der Waals surface area contributed by atoms with Crippen molar-refractivity contribution in [3.63, 3.8) is 0 Å². The van der Waals surface area contributed by atoms with Crippen LogP contribution in [0.1, 0.15) is 77.7 Å². The second-order valence-corrected chi connectivity index (χ2v) is 13.6. The highest BCUT2D eigenvalue weighted by atomic mass is 16.8. The molecule has 44 heavy (non-hydrogen) atoms. The number of hydrogen-bond donors (Lipinski definition) is 3. The molecule has 0 heterocycles. The van der Waals surface area contributed by atoms with Gasteiger partial charge in [0.2, 0.25) is 0 Å². The van der Waals surface area contributed by atoms with Gasteiger partial charge in [-0.1, -0.05) is 42.5 Å². The largest absolute Gasteiger partial charge is 0.871 e. The zero-order chi connectivity index (χ0) is 31.8. The summed E-state index contributed by atoms with van der Waals surface area (Å²) in [6.45, 7) is 6.15. The summed E-state index contributed by atoms with van der Waals surface area (Å²) >= 11 is 0.